The Morgan fingerprint density at radius 2 is 2.25 bits per heavy atom. The standard InChI is InChI=1S/C11H10O4S/c1-2-15-10(12)5-3-4-8-6-7-9(16-8)11(13)14/h6-7H,2,5H2,1H3,(H,13,14). The predicted molar refractivity (Wildman–Crippen MR) is 59.4 cm³/mol. The summed E-state index contributed by atoms with van der Waals surface area (Å²) in [6.07, 6.45) is 0.0220. The zero-order valence-corrected chi connectivity index (χ0v) is 9.47. The van der Waals surface area contributed by atoms with E-state index in [1.54, 1.807) is 13.0 Å². The lowest BCUT2D eigenvalue weighted by molar-refractivity contribution is -0.141. The van der Waals surface area contributed by atoms with Crippen LogP contribution in [0.5, 0.6) is 0 Å². The molecule has 1 rings (SSSR count). The van der Waals surface area contributed by atoms with Crippen molar-refractivity contribution in [1.29, 1.82) is 0 Å². The van der Waals surface area contributed by atoms with Crippen molar-refractivity contribution >= 4 is 23.3 Å². The van der Waals surface area contributed by atoms with Crippen LogP contribution in [0.15, 0.2) is 12.1 Å². The molecule has 0 aliphatic carbocycles. The molecule has 0 radical (unpaired) electrons. The molecule has 16 heavy (non-hydrogen) atoms. The lowest BCUT2D eigenvalue weighted by Gasteiger charge is -1.94. The summed E-state index contributed by atoms with van der Waals surface area (Å²) in [7, 11) is 0. The van der Waals surface area contributed by atoms with E-state index in [9.17, 15) is 9.59 Å². The van der Waals surface area contributed by atoms with E-state index >= 15 is 0 Å². The maximum Gasteiger partial charge on any atom is 0.345 e. The van der Waals surface area contributed by atoms with Gasteiger partial charge in [0.25, 0.3) is 0 Å². The molecule has 0 unspecified atom stereocenters. The van der Waals surface area contributed by atoms with Crippen molar-refractivity contribution in [3.8, 4) is 11.8 Å². The largest absolute Gasteiger partial charge is 0.477 e. The van der Waals surface area contributed by atoms with Crippen LogP contribution in [0.1, 0.15) is 27.9 Å². The number of carbonyl (C=O) groups is 2. The molecule has 0 aliphatic heterocycles. The third-order valence-electron chi connectivity index (χ3n) is 1.57. The number of carboxylic acids is 1. The second-order valence-electron chi connectivity index (χ2n) is 2.75. The lowest BCUT2D eigenvalue weighted by Crippen LogP contribution is -2.01. The molecule has 0 atom stereocenters. The van der Waals surface area contributed by atoms with Crippen LogP contribution in [0, 0.1) is 11.8 Å². The van der Waals surface area contributed by atoms with E-state index in [4.69, 9.17) is 9.84 Å². The number of hydrogen-bond donors (Lipinski definition) is 1. The predicted octanol–water partition coefficient (Wildman–Crippen LogP) is 1.75. The Bertz CT molecular complexity index is 450. The van der Waals surface area contributed by atoms with Crippen LogP contribution < -0.4 is 0 Å². The number of thiophene rings is 1. The maximum atomic E-state index is 10.9. The minimum atomic E-state index is -0.969. The van der Waals surface area contributed by atoms with Crippen molar-refractivity contribution in [1.82, 2.24) is 0 Å². The van der Waals surface area contributed by atoms with Crippen molar-refractivity contribution in [2.24, 2.45) is 0 Å². The molecule has 0 fully saturated rings. The highest BCUT2D eigenvalue weighted by Crippen LogP contribution is 2.14. The number of aromatic carboxylic acids is 1. The lowest BCUT2D eigenvalue weighted by atomic mass is 10.4. The van der Waals surface area contributed by atoms with E-state index in [1.807, 2.05) is 0 Å². The fourth-order valence-electron chi connectivity index (χ4n) is 0.936. The quantitative estimate of drug-likeness (QED) is 0.643. The Morgan fingerprint density at radius 3 is 2.81 bits per heavy atom. The van der Waals surface area contributed by atoms with Crippen LogP contribution in [-0.4, -0.2) is 23.7 Å². The van der Waals surface area contributed by atoms with E-state index in [2.05, 4.69) is 11.8 Å². The van der Waals surface area contributed by atoms with Gasteiger partial charge in [0.05, 0.1) is 11.5 Å². The van der Waals surface area contributed by atoms with Gasteiger partial charge in [0, 0.05) is 0 Å². The molecule has 1 heterocycles. The Kier molecular flexibility index (Phi) is 4.55. The van der Waals surface area contributed by atoms with E-state index in [1.165, 1.54) is 6.07 Å². The zero-order valence-electron chi connectivity index (χ0n) is 8.65. The van der Waals surface area contributed by atoms with Gasteiger partial charge in [0.2, 0.25) is 0 Å². The molecule has 0 spiro atoms. The summed E-state index contributed by atoms with van der Waals surface area (Å²) in [5, 5.41) is 8.67. The van der Waals surface area contributed by atoms with Crippen molar-refractivity contribution in [2.45, 2.75) is 13.3 Å². The summed E-state index contributed by atoms with van der Waals surface area (Å²) in [4.78, 5) is 22.4. The molecule has 0 bridgehead atoms. The van der Waals surface area contributed by atoms with Gasteiger partial charge >= 0.3 is 11.9 Å². The Balaban J connectivity index is 2.56. The Labute approximate surface area is 96.9 Å². The molecule has 0 aromatic carbocycles. The summed E-state index contributed by atoms with van der Waals surface area (Å²) in [6.45, 7) is 2.06. The first-order valence-electron chi connectivity index (χ1n) is 4.61. The van der Waals surface area contributed by atoms with Crippen molar-refractivity contribution in [3.63, 3.8) is 0 Å². The van der Waals surface area contributed by atoms with Gasteiger partial charge in [-0.1, -0.05) is 11.8 Å². The molecular formula is C11H10O4S. The minimum absolute atomic E-state index is 0.0220. The highest BCUT2D eigenvalue weighted by molar-refractivity contribution is 7.14. The molecule has 0 saturated carbocycles. The van der Waals surface area contributed by atoms with Crippen molar-refractivity contribution in [3.05, 3.63) is 21.9 Å². The number of carboxylic acid groups (broad SMARTS) is 1. The van der Waals surface area contributed by atoms with Crippen molar-refractivity contribution in [2.75, 3.05) is 6.61 Å². The SMILES string of the molecule is CCOC(=O)CC#Cc1ccc(C(=O)O)s1. The van der Waals surface area contributed by atoms with Gasteiger partial charge in [-0.25, -0.2) is 4.79 Å². The molecular weight excluding hydrogens is 228 g/mol. The number of rotatable bonds is 3. The fourth-order valence-corrected chi connectivity index (χ4v) is 1.66. The molecule has 1 aromatic heterocycles. The topological polar surface area (TPSA) is 63.6 Å². The third-order valence-corrected chi connectivity index (χ3v) is 2.56. The van der Waals surface area contributed by atoms with Crippen LogP contribution in [0.2, 0.25) is 0 Å². The van der Waals surface area contributed by atoms with Gasteiger partial charge in [0.15, 0.2) is 0 Å². The summed E-state index contributed by atoms with van der Waals surface area (Å²) in [5.41, 5.74) is 0. The Morgan fingerprint density at radius 1 is 1.50 bits per heavy atom. The smallest absolute Gasteiger partial charge is 0.345 e. The van der Waals surface area contributed by atoms with Gasteiger partial charge in [-0.05, 0) is 19.1 Å². The molecule has 84 valence electrons. The van der Waals surface area contributed by atoms with E-state index in [0.717, 1.165) is 11.3 Å². The highest BCUT2D eigenvalue weighted by atomic mass is 32.1. The van der Waals surface area contributed by atoms with Crippen LogP contribution in [0.3, 0.4) is 0 Å². The average Bonchev–Trinajstić information content (AvgIpc) is 2.67. The zero-order chi connectivity index (χ0) is 12.0. The van der Waals surface area contributed by atoms with Gasteiger partial charge in [-0.15, -0.1) is 11.3 Å². The third kappa shape index (κ3) is 3.75. The highest BCUT2D eigenvalue weighted by Gasteiger charge is 2.04. The number of ether oxygens (including phenoxy) is 1. The second kappa shape index (κ2) is 5.93. The molecule has 0 saturated heterocycles. The van der Waals surface area contributed by atoms with E-state index < -0.39 is 5.97 Å². The van der Waals surface area contributed by atoms with Gasteiger partial charge < -0.3 is 9.84 Å². The van der Waals surface area contributed by atoms with Crippen LogP contribution in [0.4, 0.5) is 0 Å². The monoisotopic (exact) mass is 238 g/mol. The number of esters is 1. The van der Waals surface area contributed by atoms with E-state index in [0.29, 0.717) is 11.5 Å². The molecule has 1 aromatic rings. The van der Waals surface area contributed by atoms with Crippen molar-refractivity contribution < 1.29 is 19.4 Å². The maximum absolute atomic E-state index is 10.9. The molecule has 5 heteroatoms. The first-order valence-corrected chi connectivity index (χ1v) is 5.42. The van der Waals surface area contributed by atoms with Gasteiger partial charge in [-0.2, -0.15) is 0 Å². The summed E-state index contributed by atoms with van der Waals surface area (Å²) < 4.78 is 4.69. The minimum Gasteiger partial charge on any atom is -0.477 e. The van der Waals surface area contributed by atoms with E-state index in [-0.39, 0.29) is 17.3 Å². The second-order valence-corrected chi connectivity index (χ2v) is 3.84. The normalized spacial score (nSPS) is 9.06. The van der Waals surface area contributed by atoms with Gasteiger partial charge in [-0.3, -0.25) is 4.79 Å². The average molecular weight is 238 g/mol. The first kappa shape index (κ1) is 12.3. The molecule has 0 amide bonds. The summed E-state index contributed by atoms with van der Waals surface area (Å²) in [6, 6.07) is 3.10. The summed E-state index contributed by atoms with van der Waals surface area (Å²) in [5.74, 6) is 4.01. The first-order chi connectivity index (χ1) is 7.63. The number of carbonyl (C=O) groups excluding carboxylic acids is 1. The Hall–Kier alpha value is -1.80. The van der Waals surface area contributed by atoms with Crippen LogP contribution in [-0.2, 0) is 9.53 Å². The molecule has 1 N–H and O–H groups in total. The number of hydrogen-bond acceptors (Lipinski definition) is 4. The summed E-state index contributed by atoms with van der Waals surface area (Å²) >= 11 is 1.08. The molecule has 4 nitrogen and oxygen atoms in total. The van der Waals surface area contributed by atoms with Gasteiger partial charge in [0.1, 0.15) is 11.3 Å². The van der Waals surface area contributed by atoms with Crippen LogP contribution in [0.25, 0.3) is 0 Å². The molecule has 0 aliphatic rings. The fraction of sp³-hybridized carbons (Fsp3) is 0.273. The van der Waals surface area contributed by atoms with Crippen LogP contribution >= 0.6 is 11.3 Å².